The number of hydrogen-bond acceptors (Lipinski definition) is 4. The lowest BCUT2D eigenvalue weighted by Gasteiger charge is -2.04. The first kappa shape index (κ1) is 17.8. The largest absolute Gasteiger partial charge is 0.245 e. The molecule has 0 aliphatic rings. The summed E-state index contributed by atoms with van der Waals surface area (Å²) < 4.78 is 27.2. The number of rotatable bonds is 6. The Kier molecular flexibility index (Phi) is 5.32. The van der Waals surface area contributed by atoms with Crippen molar-refractivity contribution < 1.29 is 8.42 Å². The fourth-order valence-electron chi connectivity index (χ4n) is 2.46. The predicted octanol–water partition coefficient (Wildman–Crippen LogP) is 3.83. The van der Waals surface area contributed by atoms with Crippen LogP contribution >= 0.6 is 11.3 Å². The molecule has 0 saturated carbocycles. The van der Waals surface area contributed by atoms with Crippen molar-refractivity contribution in [1.29, 1.82) is 0 Å². The standard InChI is InChI=1S/C19H20N2O2S2/c1-14-8-10-16(11-9-14)12-18-15(2)21-19(24-18)13-20-25(22,23)17-6-4-3-5-7-17/h3-11,20H,12-13H2,1-2H3. The number of benzene rings is 2. The van der Waals surface area contributed by atoms with Gasteiger partial charge in [-0.25, -0.2) is 18.1 Å². The second kappa shape index (κ2) is 7.47. The smallest absolute Gasteiger partial charge is 0.240 e. The van der Waals surface area contributed by atoms with E-state index < -0.39 is 10.0 Å². The zero-order valence-electron chi connectivity index (χ0n) is 14.2. The summed E-state index contributed by atoms with van der Waals surface area (Å²) in [5.74, 6) is 0. The summed E-state index contributed by atoms with van der Waals surface area (Å²) in [5, 5.41) is 0.777. The number of thiazole rings is 1. The number of nitrogens with zero attached hydrogens (tertiary/aromatic N) is 1. The SMILES string of the molecule is Cc1ccc(Cc2sc(CNS(=O)(=O)c3ccccc3)nc2C)cc1. The molecule has 0 amide bonds. The molecule has 0 atom stereocenters. The van der Waals surface area contributed by atoms with Crippen LogP contribution in [0.1, 0.15) is 26.7 Å². The molecule has 130 valence electrons. The van der Waals surface area contributed by atoms with E-state index in [-0.39, 0.29) is 11.4 Å². The molecule has 25 heavy (non-hydrogen) atoms. The third-order valence-corrected chi connectivity index (χ3v) is 6.46. The zero-order valence-corrected chi connectivity index (χ0v) is 15.8. The van der Waals surface area contributed by atoms with Crippen molar-refractivity contribution in [2.75, 3.05) is 0 Å². The molecule has 0 spiro atoms. The van der Waals surface area contributed by atoms with E-state index >= 15 is 0 Å². The minimum Gasteiger partial charge on any atom is -0.245 e. The highest BCUT2D eigenvalue weighted by Gasteiger charge is 2.15. The van der Waals surface area contributed by atoms with Crippen molar-refractivity contribution in [3.63, 3.8) is 0 Å². The Bertz CT molecular complexity index is 947. The molecule has 6 heteroatoms. The van der Waals surface area contributed by atoms with Gasteiger partial charge < -0.3 is 0 Å². The summed E-state index contributed by atoms with van der Waals surface area (Å²) in [6, 6.07) is 16.8. The van der Waals surface area contributed by atoms with E-state index in [1.165, 1.54) is 11.1 Å². The van der Waals surface area contributed by atoms with Crippen LogP contribution in [0, 0.1) is 13.8 Å². The topological polar surface area (TPSA) is 59.1 Å². The Labute approximate surface area is 152 Å². The van der Waals surface area contributed by atoms with Crippen LogP contribution in [0.3, 0.4) is 0 Å². The number of nitrogens with one attached hydrogen (secondary N) is 1. The summed E-state index contributed by atoms with van der Waals surface area (Å²) in [6.07, 6.45) is 0.815. The summed E-state index contributed by atoms with van der Waals surface area (Å²) in [7, 11) is -3.51. The molecule has 4 nitrogen and oxygen atoms in total. The normalized spacial score (nSPS) is 11.6. The van der Waals surface area contributed by atoms with Crippen LogP contribution in [0.2, 0.25) is 0 Å². The predicted molar refractivity (Wildman–Crippen MR) is 101 cm³/mol. The van der Waals surface area contributed by atoms with E-state index in [1.807, 2.05) is 6.92 Å². The first-order chi connectivity index (χ1) is 11.9. The number of sulfonamides is 1. The molecule has 3 aromatic rings. The average Bonchev–Trinajstić information content (AvgIpc) is 2.96. The molecule has 0 fully saturated rings. The second-order valence-electron chi connectivity index (χ2n) is 5.92. The molecule has 0 radical (unpaired) electrons. The Morgan fingerprint density at radius 2 is 1.68 bits per heavy atom. The fourth-order valence-corrected chi connectivity index (χ4v) is 4.60. The van der Waals surface area contributed by atoms with Gasteiger partial charge in [0.05, 0.1) is 17.1 Å². The van der Waals surface area contributed by atoms with E-state index in [4.69, 9.17) is 0 Å². The van der Waals surface area contributed by atoms with Crippen LogP contribution in [0.4, 0.5) is 0 Å². The van der Waals surface area contributed by atoms with E-state index in [0.717, 1.165) is 22.0 Å². The number of aromatic nitrogens is 1. The highest BCUT2D eigenvalue weighted by Crippen LogP contribution is 2.22. The van der Waals surface area contributed by atoms with Gasteiger partial charge in [0.1, 0.15) is 5.01 Å². The van der Waals surface area contributed by atoms with Gasteiger partial charge in [-0.15, -0.1) is 11.3 Å². The monoisotopic (exact) mass is 372 g/mol. The van der Waals surface area contributed by atoms with Crippen molar-refractivity contribution in [3.8, 4) is 0 Å². The Morgan fingerprint density at radius 3 is 2.36 bits per heavy atom. The lowest BCUT2D eigenvalue weighted by atomic mass is 10.1. The van der Waals surface area contributed by atoms with Crippen molar-refractivity contribution in [3.05, 3.63) is 81.3 Å². The molecule has 0 unspecified atom stereocenters. The summed E-state index contributed by atoms with van der Waals surface area (Å²) in [4.78, 5) is 5.94. The van der Waals surface area contributed by atoms with Gasteiger partial charge in [-0.2, -0.15) is 0 Å². The lowest BCUT2D eigenvalue weighted by Crippen LogP contribution is -2.23. The van der Waals surface area contributed by atoms with E-state index in [0.29, 0.717) is 0 Å². The maximum absolute atomic E-state index is 12.3. The van der Waals surface area contributed by atoms with Gasteiger partial charge >= 0.3 is 0 Å². The minimum absolute atomic E-state index is 0.205. The summed E-state index contributed by atoms with van der Waals surface area (Å²) in [5.41, 5.74) is 3.43. The van der Waals surface area contributed by atoms with Gasteiger partial charge in [-0.05, 0) is 31.5 Å². The average molecular weight is 373 g/mol. The van der Waals surface area contributed by atoms with Crippen molar-refractivity contribution in [1.82, 2.24) is 9.71 Å². The van der Waals surface area contributed by atoms with Crippen LogP contribution < -0.4 is 4.72 Å². The van der Waals surface area contributed by atoms with Gasteiger partial charge in [-0.3, -0.25) is 0 Å². The molecular weight excluding hydrogens is 352 g/mol. The van der Waals surface area contributed by atoms with Gasteiger partial charge in [-0.1, -0.05) is 48.0 Å². The van der Waals surface area contributed by atoms with Crippen LogP contribution in [-0.4, -0.2) is 13.4 Å². The quantitative estimate of drug-likeness (QED) is 0.715. The molecule has 0 aliphatic carbocycles. The molecular formula is C19H20N2O2S2. The van der Waals surface area contributed by atoms with Crippen LogP contribution in [-0.2, 0) is 23.0 Å². The Morgan fingerprint density at radius 1 is 1.00 bits per heavy atom. The van der Waals surface area contributed by atoms with E-state index in [2.05, 4.69) is 40.9 Å². The zero-order chi connectivity index (χ0) is 17.9. The van der Waals surface area contributed by atoms with Crippen LogP contribution in [0.25, 0.3) is 0 Å². The maximum Gasteiger partial charge on any atom is 0.240 e. The van der Waals surface area contributed by atoms with E-state index in [1.54, 1.807) is 41.7 Å². The molecule has 1 N–H and O–H groups in total. The van der Waals surface area contributed by atoms with Gasteiger partial charge in [0, 0.05) is 11.3 Å². The molecule has 2 aromatic carbocycles. The van der Waals surface area contributed by atoms with Gasteiger partial charge in [0.25, 0.3) is 0 Å². The highest BCUT2D eigenvalue weighted by atomic mass is 32.2. The van der Waals surface area contributed by atoms with Crippen LogP contribution in [0.15, 0.2) is 59.5 Å². The second-order valence-corrected chi connectivity index (χ2v) is 8.85. The third kappa shape index (κ3) is 4.54. The van der Waals surface area contributed by atoms with Crippen LogP contribution in [0.5, 0.6) is 0 Å². The van der Waals surface area contributed by atoms with Gasteiger partial charge in [0.2, 0.25) is 10.0 Å². The lowest BCUT2D eigenvalue weighted by molar-refractivity contribution is 0.581. The third-order valence-electron chi connectivity index (χ3n) is 3.89. The Balaban J connectivity index is 1.69. The van der Waals surface area contributed by atoms with E-state index in [9.17, 15) is 8.42 Å². The van der Waals surface area contributed by atoms with Crippen molar-refractivity contribution in [2.45, 2.75) is 31.7 Å². The highest BCUT2D eigenvalue weighted by molar-refractivity contribution is 7.89. The maximum atomic E-state index is 12.3. The Hall–Kier alpha value is -2.02. The first-order valence-corrected chi connectivity index (χ1v) is 10.3. The number of hydrogen-bond donors (Lipinski definition) is 1. The summed E-state index contributed by atoms with van der Waals surface area (Å²) >= 11 is 1.56. The minimum atomic E-state index is -3.51. The summed E-state index contributed by atoms with van der Waals surface area (Å²) in [6.45, 7) is 4.24. The fraction of sp³-hybridized carbons (Fsp3) is 0.211. The molecule has 0 aliphatic heterocycles. The molecule has 1 aromatic heterocycles. The first-order valence-electron chi connectivity index (χ1n) is 7.99. The van der Waals surface area contributed by atoms with Crippen molar-refractivity contribution >= 4 is 21.4 Å². The van der Waals surface area contributed by atoms with Gasteiger partial charge in [0.15, 0.2) is 0 Å². The molecule has 0 saturated heterocycles. The number of aryl methyl sites for hydroxylation is 2. The molecule has 1 heterocycles. The molecule has 0 bridgehead atoms. The molecule has 3 rings (SSSR count). The van der Waals surface area contributed by atoms with Crippen molar-refractivity contribution in [2.24, 2.45) is 0 Å².